The van der Waals surface area contributed by atoms with Crippen LogP contribution < -0.4 is 0 Å². The van der Waals surface area contributed by atoms with Crippen molar-refractivity contribution < 1.29 is 27.8 Å². The highest BCUT2D eigenvalue weighted by Crippen LogP contribution is 2.32. The Hall–Kier alpha value is -1.23. The van der Waals surface area contributed by atoms with E-state index in [2.05, 4.69) is 0 Å². The van der Waals surface area contributed by atoms with Crippen LogP contribution in [0.5, 0.6) is 0 Å². The second-order valence-corrected chi connectivity index (χ2v) is 11.1. The van der Waals surface area contributed by atoms with Crippen LogP contribution in [0.2, 0.25) is 5.02 Å². The van der Waals surface area contributed by atoms with Gasteiger partial charge in [-0.25, -0.2) is 8.42 Å². The number of carbonyl (C=O) groups is 1. The van der Waals surface area contributed by atoms with Gasteiger partial charge >= 0.3 is 0 Å². The summed E-state index contributed by atoms with van der Waals surface area (Å²) in [5, 5.41) is 10.6. The molecule has 3 heterocycles. The number of aliphatic hydroxyl groups excluding tert-OH is 1. The number of piperidine rings is 1. The molecule has 0 bridgehead atoms. The van der Waals surface area contributed by atoms with Gasteiger partial charge in [0.15, 0.2) is 0 Å². The van der Waals surface area contributed by atoms with Gasteiger partial charge in [-0.15, -0.1) is 0 Å². The molecule has 1 aromatic carbocycles. The van der Waals surface area contributed by atoms with Crippen LogP contribution in [0.3, 0.4) is 0 Å². The third kappa shape index (κ3) is 5.46. The van der Waals surface area contributed by atoms with Crippen molar-refractivity contribution in [3.8, 4) is 0 Å². The zero-order chi connectivity index (χ0) is 22.7. The molecule has 0 aliphatic carbocycles. The fourth-order valence-corrected chi connectivity index (χ4v) is 6.82. The van der Waals surface area contributed by atoms with Crippen LogP contribution >= 0.6 is 11.6 Å². The Balaban J connectivity index is 1.50. The fraction of sp³-hybridized carbons (Fsp3) is 0.682. The molecular weight excluding hydrogens is 456 g/mol. The minimum atomic E-state index is -3.91. The predicted molar refractivity (Wildman–Crippen MR) is 119 cm³/mol. The van der Waals surface area contributed by atoms with Crippen molar-refractivity contribution in [2.45, 2.75) is 67.8 Å². The Morgan fingerprint density at radius 3 is 2.69 bits per heavy atom. The van der Waals surface area contributed by atoms with Crippen molar-refractivity contribution >= 4 is 27.5 Å². The maximum Gasteiger partial charge on any atom is 0.243 e. The molecule has 3 fully saturated rings. The number of aliphatic hydroxyl groups is 1. The molecule has 1 aromatic rings. The number of benzene rings is 1. The van der Waals surface area contributed by atoms with Gasteiger partial charge in [0.25, 0.3) is 0 Å². The van der Waals surface area contributed by atoms with Crippen molar-refractivity contribution in [1.82, 2.24) is 9.21 Å². The normalized spacial score (nSPS) is 30.2. The lowest BCUT2D eigenvalue weighted by Gasteiger charge is -2.43. The van der Waals surface area contributed by atoms with Crippen LogP contribution in [0.1, 0.15) is 38.5 Å². The van der Waals surface area contributed by atoms with E-state index in [1.165, 1.54) is 16.4 Å². The number of rotatable bonds is 4. The Labute approximate surface area is 194 Å². The van der Waals surface area contributed by atoms with Crippen LogP contribution in [0, 0.1) is 0 Å². The van der Waals surface area contributed by atoms with Gasteiger partial charge in [0.2, 0.25) is 15.9 Å². The topological polar surface area (TPSA) is 96.4 Å². The number of hydrogen-bond donors (Lipinski definition) is 1. The number of β-amino-alcohol motifs (C(OH)–C–C–N with tert-alkyl or cyclic N) is 1. The highest BCUT2D eigenvalue weighted by Gasteiger charge is 2.43. The molecule has 1 N–H and O–H groups in total. The first-order valence-corrected chi connectivity index (χ1v) is 13.1. The average Bonchev–Trinajstić information content (AvgIpc) is 2.77. The van der Waals surface area contributed by atoms with Gasteiger partial charge in [0.05, 0.1) is 48.9 Å². The summed E-state index contributed by atoms with van der Waals surface area (Å²) in [5.74, 6) is 0.0961. The number of sulfonamides is 1. The Kier molecular flexibility index (Phi) is 7.74. The van der Waals surface area contributed by atoms with E-state index < -0.39 is 28.3 Å². The molecule has 0 spiro atoms. The minimum absolute atomic E-state index is 0.0194. The third-order valence-corrected chi connectivity index (χ3v) is 8.57. The first-order chi connectivity index (χ1) is 15.3. The summed E-state index contributed by atoms with van der Waals surface area (Å²) >= 11 is 6.03. The zero-order valence-corrected chi connectivity index (χ0v) is 19.6. The second-order valence-electron chi connectivity index (χ2n) is 8.81. The van der Waals surface area contributed by atoms with Crippen LogP contribution in [-0.2, 0) is 24.3 Å². The maximum absolute atomic E-state index is 13.5. The fourth-order valence-electron chi connectivity index (χ4n) is 4.80. The van der Waals surface area contributed by atoms with E-state index in [-0.39, 0.29) is 36.7 Å². The van der Waals surface area contributed by atoms with Crippen LogP contribution in [0.25, 0.3) is 0 Å². The van der Waals surface area contributed by atoms with Crippen LogP contribution in [-0.4, -0.2) is 85.8 Å². The smallest absolute Gasteiger partial charge is 0.243 e. The van der Waals surface area contributed by atoms with Crippen molar-refractivity contribution in [1.29, 1.82) is 0 Å². The first-order valence-electron chi connectivity index (χ1n) is 11.3. The van der Waals surface area contributed by atoms with Gasteiger partial charge in [-0.1, -0.05) is 17.7 Å². The second kappa shape index (κ2) is 10.4. The summed E-state index contributed by atoms with van der Waals surface area (Å²) in [6, 6.07) is 5.64. The number of hydrogen-bond acceptors (Lipinski definition) is 6. The van der Waals surface area contributed by atoms with E-state index in [9.17, 15) is 18.3 Å². The Morgan fingerprint density at radius 2 is 1.94 bits per heavy atom. The lowest BCUT2D eigenvalue weighted by Crippen LogP contribution is -2.57. The zero-order valence-electron chi connectivity index (χ0n) is 18.1. The number of fused-ring (bicyclic) bond motifs is 1. The number of carbonyl (C=O) groups excluding carboxylic acids is 1. The Morgan fingerprint density at radius 1 is 1.16 bits per heavy atom. The molecule has 4 rings (SSSR count). The number of amides is 1. The highest BCUT2D eigenvalue weighted by molar-refractivity contribution is 7.89. The Bertz CT molecular complexity index is 907. The highest BCUT2D eigenvalue weighted by atomic mass is 35.5. The molecule has 3 aliphatic rings. The molecule has 0 radical (unpaired) electrons. The first kappa shape index (κ1) is 23.9. The lowest BCUT2D eigenvalue weighted by molar-refractivity contribution is -0.152. The summed E-state index contributed by atoms with van der Waals surface area (Å²) in [6.45, 7) is 1.69. The van der Waals surface area contributed by atoms with E-state index in [0.717, 1.165) is 32.4 Å². The van der Waals surface area contributed by atoms with E-state index in [1.54, 1.807) is 12.1 Å². The molecule has 0 unspecified atom stereocenters. The number of ether oxygens (including phenoxy) is 2. The molecule has 32 heavy (non-hydrogen) atoms. The summed E-state index contributed by atoms with van der Waals surface area (Å²) in [5.41, 5.74) is 0. The van der Waals surface area contributed by atoms with E-state index in [0.29, 0.717) is 24.3 Å². The monoisotopic (exact) mass is 486 g/mol. The van der Waals surface area contributed by atoms with E-state index >= 15 is 0 Å². The van der Waals surface area contributed by atoms with Gasteiger partial charge < -0.3 is 19.5 Å². The van der Waals surface area contributed by atoms with E-state index in [4.69, 9.17) is 21.1 Å². The molecule has 8 nitrogen and oxygen atoms in total. The van der Waals surface area contributed by atoms with Crippen molar-refractivity contribution in [3.05, 3.63) is 29.3 Å². The molecule has 0 aromatic heterocycles. The van der Waals surface area contributed by atoms with Crippen molar-refractivity contribution in [2.75, 3.05) is 32.8 Å². The summed E-state index contributed by atoms with van der Waals surface area (Å²) < 4.78 is 40.1. The van der Waals surface area contributed by atoms with Gasteiger partial charge in [-0.05, 0) is 50.3 Å². The standard InChI is InChI=1S/C22H31ClN2O6S/c23-16-5-4-6-19(11-16)32(28,29)25-13-17(26)14-30-15-21-20(25)8-7-18(31-21)12-22(27)24-9-2-1-3-10-24/h4-6,11,17-18,20-21,26H,1-3,7-10,12-15H2/t17-,18+,20-,21+/m0/s1. The largest absolute Gasteiger partial charge is 0.389 e. The van der Waals surface area contributed by atoms with E-state index in [1.807, 2.05) is 4.90 Å². The molecule has 4 atom stereocenters. The predicted octanol–water partition coefficient (Wildman–Crippen LogP) is 2.04. The quantitative estimate of drug-likeness (QED) is 0.699. The summed E-state index contributed by atoms with van der Waals surface area (Å²) in [6.07, 6.45) is 2.90. The number of halogens is 1. The van der Waals surface area contributed by atoms with Crippen molar-refractivity contribution in [3.63, 3.8) is 0 Å². The van der Waals surface area contributed by atoms with Gasteiger partial charge in [0, 0.05) is 24.7 Å². The molecule has 3 saturated heterocycles. The summed E-state index contributed by atoms with van der Waals surface area (Å²) in [4.78, 5) is 14.7. The van der Waals surface area contributed by atoms with Gasteiger partial charge in [-0.2, -0.15) is 4.31 Å². The van der Waals surface area contributed by atoms with Gasteiger partial charge in [0.1, 0.15) is 0 Å². The maximum atomic E-state index is 13.5. The summed E-state index contributed by atoms with van der Waals surface area (Å²) in [7, 11) is -3.91. The molecule has 10 heteroatoms. The molecule has 178 valence electrons. The molecule has 0 saturated carbocycles. The number of likely N-dealkylation sites (tertiary alicyclic amines) is 1. The average molecular weight is 487 g/mol. The van der Waals surface area contributed by atoms with Crippen molar-refractivity contribution in [2.24, 2.45) is 0 Å². The van der Waals surface area contributed by atoms with Crippen LogP contribution in [0.15, 0.2) is 29.2 Å². The number of nitrogens with zero attached hydrogens (tertiary/aromatic N) is 2. The molecule has 3 aliphatic heterocycles. The minimum Gasteiger partial charge on any atom is -0.389 e. The van der Waals surface area contributed by atoms with Gasteiger partial charge in [-0.3, -0.25) is 4.79 Å². The SMILES string of the molecule is O=C(C[C@H]1CC[C@H]2[C@@H](COC[C@@H](O)CN2S(=O)(=O)c2cccc(Cl)c2)O1)N1CCCCC1. The molecular formula is C22H31ClN2O6S. The van der Waals surface area contributed by atoms with Crippen LogP contribution in [0.4, 0.5) is 0 Å². The third-order valence-electron chi connectivity index (χ3n) is 6.45. The molecule has 1 amide bonds. The lowest BCUT2D eigenvalue weighted by atomic mass is 9.96.